The molecule has 0 unspecified atom stereocenters. The van der Waals surface area contributed by atoms with E-state index >= 15 is 0 Å². The molecule has 5 nitrogen and oxygen atoms in total. The molecule has 3 aromatic rings. The topological polar surface area (TPSA) is 58.6 Å². The molecule has 0 spiro atoms. The van der Waals surface area contributed by atoms with E-state index < -0.39 is 6.04 Å². The van der Waals surface area contributed by atoms with E-state index in [1.54, 1.807) is 11.0 Å². The number of rotatable bonds is 11. The number of amides is 2. The lowest BCUT2D eigenvalue weighted by Gasteiger charge is -2.32. The fraction of sp³-hybridized carbons (Fsp3) is 0.375. The van der Waals surface area contributed by atoms with Crippen LogP contribution in [0.3, 0.4) is 0 Å². The van der Waals surface area contributed by atoms with Crippen molar-refractivity contribution in [3.8, 4) is 5.75 Å². The number of benzene rings is 3. The number of hydrogen-bond acceptors (Lipinski definition) is 3. The Morgan fingerprint density at radius 2 is 1.58 bits per heavy atom. The predicted molar refractivity (Wildman–Crippen MR) is 154 cm³/mol. The van der Waals surface area contributed by atoms with Gasteiger partial charge in [0, 0.05) is 24.0 Å². The SMILES string of the molecule is CC[C@@H](C)NC(=O)[C@@H](Cc1ccccc1)N(Cc1ccccc1Cl)C(=O)COc1ccccc1C(C)(C)C. The summed E-state index contributed by atoms with van der Waals surface area (Å²) in [5.41, 5.74) is 2.60. The lowest BCUT2D eigenvalue weighted by Crippen LogP contribution is -2.53. The third kappa shape index (κ3) is 8.09. The molecule has 3 aromatic carbocycles. The normalized spacial score (nSPS) is 12.9. The van der Waals surface area contributed by atoms with Gasteiger partial charge in [-0.15, -0.1) is 0 Å². The van der Waals surface area contributed by atoms with Crippen LogP contribution < -0.4 is 10.1 Å². The Hall–Kier alpha value is -3.31. The minimum absolute atomic E-state index is 0.0204. The first-order chi connectivity index (χ1) is 18.1. The van der Waals surface area contributed by atoms with E-state index in [2.05, 4.69) is 26.1 Å². The van der Waals surface area contributed by atoms with Crippen LogP contribution in [0.4, 0.5) is 0 Å². The number of carbonyl (C=O) groups excluding carboxylic acids is 2. The second-order valence-electron chi connectivity index (χ2n) is 10.7. The van der Waals surface area contributed by atoms with Crippen molar-refractivity contribution in [2.45, 2.75) is 71.5 Å². The summed E-state index contributed by atoms with van der Waals surface area (Å²) in [4.78, 5) is 29.1. The van der Waals surface area contributed by atoms with Gasteiger partial charge in [-0.3, -0.25) is 9.59 Å². The Labute approximate surface area is 232 Å². The molecule has 0 bridgehead atoms. The van der Waals surface area contributed by atoms with Gasteiger partial charge in [-0.05, 0) is 47.6 Å². The molecule has 0 saturated carbocycles. The maximum atomic E-state index is 13.9. The zero-order valence-corrected chi connectivity index (χ0v) is 23.8. The zero-order chi connectivity index (χ0) is 27.7. The van der Waals surface area contributed by atoms with Gasteiger partial charge in [0.1, 0.15) is 11.8 Å². The Balaban J connectivity index is 1.96. The maximum absolute atomic E-state index is 13.9. The van der Waals surface area contributed by atoms with Crippen LogP contribution in [0.1, 0.15) is 57.7 Å². The zero-order valence-electron chi connectivity index (χ0n) is 23.0. The first kappa shape index (κ1) is 29.2. The number of hydrogen-bond donors (Lipinski definition) is 1. The van der Waals surface area contributed by atoms with Crippen LogP contribution in [0.25, 0.3) is 0 Å². The molecule has 0 fully saturated rings. The molecule has 2 atom stereocenters. The molecule has 38 heavy (non-hydrogen) atoms. The van der Waals surface area contributed by atoms with Crippen LogP contribution in [-0.4, -0.2) is 35.4 Å². The monoisotopic (exact) mass is 534 g/mol. The van der Waals surface area contributed by atoms with Crippen molar-refractivity contribution in [1.82, 2.24) is 10.2 Å². The van der Waals surface area contributed by atoms with Crippen LogP contribution in [-0.2, 0) is 28.0 Å². The summed E-state index contributed by atoms with van der Waals surface area (Å²) in [5.74, 6) is 0.183. The molecule has 0 aliphatic rings. The van der Waals surface area contributed by atoms with E-state index in [1.807, 2.05) is 86.6 Å². The molecular weight excluding hydrogens is 496 g/mol. The molecule has 0 radical (unpaired) electrons. The van der Waals surface area contributed by atoms with Crippen LogP contribution in [0.2, 0.25) is 5.02 Å². The lowest BCUT2D eigenvalue weighted by molar-refractivity contribution is -0.143. The number of para-hydroxylation sites is 1. The summed E-state index contributed by atoms with van der Waals surface area (Å²) in [6, 6.07) is 24.1. The highest BCUT2D eigenvalue weighted by Crippen LogP contribution is 2.31. The molecule has 0 heterocycles. The van der Waals surface area contributed by atoms with Gasteiger partial charge in [0.15, 0.2) is 6.61 Å². The van der Waals surface area contributed by atoms with Gasteiger partial charge in [0.05, 0.1) is 0 Å². The number of halogens is 1. The van der Waals surface area contributed by atoms with Gasteiger partial charge in [0.2, 0.25) is 5.91 Å². The fourth-order valence-corrected chi connectivity index (χ4v) is 4.44. The molecule has 0 aliphatic carbocycles. The van der Waals surface area contributed by atoms with Crippen molar-refractivity contribution in [2.75, 3.05) is 6.61 Å². The summed E-state index contributed by atoms with van der Waals surface area (Å²) in [6.07, 6.45) is 1.16. The summed E-state index contributed by atoms with van der Waals surface area (Å²) >= 11 is 6.50. The Bertz CT molecular complexity index is 1210. The molecule has 1 N–H and O–H groups in total. The van der Waals surface area contributed by atoms with E-state index in [0.717, 1.165) is 23.1 Å². The lowest BCUT2D eigenvalue weighted by atomic mass is 9.86. The van der Waals surface area contributed by atoms with Gasteiger partial charge in [-0.2, -0.15) is 0 Å². The summed E-state index contributed by atoms with van der Waals surface area (Å²) in [6.45, 7) is 10.3. The standard InChI is InChI=1S/C32H39ClN2O3/c1-6-23(2)34-31(37)28(20-24-14-8-7-9-15-24)35(21-25-16-10-12-18-27(25)33)30(36)22-38-29-19-13-11-17-26(29)32(3,4)5/h7-19,23,28H,6,20-22H2,1-5H3,(H,34,37)/t23-,28-/m1/s1. The average molecular weight is 535 g/mol. The van der Waals surface area contributed by atoms with Crippen molar-refractivity contribution < 1.29 is 14.3 Å². The van der Waals surface area contributed by atoms with Crippen molar-refractivity contribution in [3.63, 3.8) is 0 Å². The number of carbonyl (C=O) groups is 2. The van der Waals surface area contributed by atoms with E-state index in [4.69, 9.17) is 16.3 Å². The second-order valence-corrected chi connectivity index (χ2v) is 11.1. The molecule has 0 aliphatic heterocycles. The van der Waals surface area contributed by atoms with Gasteiger partial charge in [-0.1, -0.05) is 106 Å². The van der Waals surface area contributed by atoms with Crippen molar-refractivity contribution in [2.24, 2.45) is 0 Å². The molecule has 202 valence electrons. The number of ether oxygens (including phenoxy) is 1. The quantitative estimate of drug-likeness (QED) is 0.302. The maximum Gasteiger partial charge on any atom is 0.261 e. The van der Waals surface area contributed by atoms with Crippen molar-refractivity contribution in [1.29, 1.82) is 0 Å². The molecule has 0 aromatic heterocycles. The Kier molecular flexibility index (Phi) is 10.4. The average Bonchev–Trinajstić information content (AvgIpc) is 2.90. The summed E-state index contributed by atoms with van der Waals surface area (Å²) in [7, 11) is 0. The third-order valence-corrected chi connectivity index (χ3v) is 6.99. The Morgan fingerprint density at radius 3 is 2.24 bits per heavy atom. The third-order valence-electron chi connectivity index (χ3n) is 6.62. The second kappa shape index (κ2) is 13.5. The molecule has 3 rings (SSSR count). The smallest absolute Gasteiger partial charge is 0.261 e. The highest BCUT2D eigenvalue weighted by Gasteiger charge is 2.32. The summed E-state index contributed by atoms with van der Waals surface area (Å²) in [5, 5.41) is 3.63. The fourth-order valence-electron chi connectivity index (χ4n) is 4.24. The van der Waals surface area contributed by atoms with Gasteiger partial charge < -0.3 is 15.0 Å². The first-order valence-electron chi connectivity index (χ1n) is 13.2. The molecule has 2 amide bonds. The van der Waals surface area contributed by atoms with Crippen LogP contribution in [0, 0.1) is 0 Å². The molecule has 6 heteroatoms. The molecular formula is C32H39ClN2O3. The van der Waals surface area contributed by atoms with Crippen molar-refractivity contribution >= 4 is 23.4 Å². The highest BCUT2D eigenvalue weighted by molar-refractivity contribution is 6.31. The Morgan fingerprint density at radius 1 is 0.947 bits per heavy atom. The predicted octanol–water partition coefficient (Wildman–Crippen LogP) is 6.57. The van der Waals surface area contributed by atoms with E-state index in [1.165, 1.54) is 0 Å². The minimum Gasteiger partial charge on any atom is -0.483 e. The van der Waals surface area contributed by atoms with E-state index in [0.29, 0.717) is 17.2 Å². The van der Waals surface area contributed by atoms with Crippen LogP contribution in [0.5, 0.6) is 5.75 Å². The largest absolute Gasteiger partial charge is 0.483 e. The van der Waals surface area contributed by atoms with Crippen molar-refractivity contribution in [3.05, 3.63) is 101 Å². The van der Waals surface area contributed by atoms with Crippen LogP contribution in [0.15, 0.2) is 78.9 Å². The highest BCUT2D eigenvalue weighted by atomic mass is 35.5. The molecule has 0 saturated heterocycles. The van der Waals surface area contributed by atoms with Gasteiger partial charge >= 0.3 is 0 Å². The summed E-state index contributed by atoms with van der Waals surface area (Å²) < 4.78 is 6.10. The minimum atomic E-state index is -0.739. The number of nitrogens with zero attached hydrogens (tertiary/aromatic N) is 1. The van der Waals surface area contributed by atoms with Gasteiger partial charge in [0.25, 0.3) is 5.91 Å². The van der Waals surface area contributed by atoms with Gasteiger partial charge in [-0.25, -0.2) is 0 Å². The van der Waals surface area contributed by atoms with Crippen LogP contribution >= 0.6 is 11.6 Å². The number of nitrogens with one attached hydrogen (secondary N) is 1. The van der Waals surface area contributed by atoms with E-state index in [9.17, 15) is 9.59 Å². The first-order valence-corrected chi connectivity index (χ1v) is 13.6. The van der Waals surface area contributed by atoms with E-state index in [-0.39, 0.29) is 36.4 Å².